The highest BCUT2D eigenvalue weighted by atomic mass is 35.5. The van der Waals surface area contributed by atoms with Crippen LogP contribution in [0.4, 0.5) is 4.39 Å². The molecule has 1 aliphatic rings. The van der Waals surface area contributed by atoms with Crippen LogP contribution in [0.5, 0.6) is 0 Å². The first-order valence-electron chi connectivity index (χ1n) is 6.26. The normalized spacial score (nSPS) is 15.9. The van der Waals surface area contributed by atoms with Crippen LogP contribution < -0.4 is 0 Å². The van der Waals surface area contributed by atoms with Crippen molar-refractivity contribution in [1.82, 2.24) is 0 Å². The molecule has 22 heavy (non-hydrogen) atoms. The standard InChI is InChI=1S/C16H8Cl2FNO2/c17-12-6-3-10(8-13(12)18)15-20-14(16(21)22-15)7-9-1-4-11(19)5-2-9/h1-8H/b14-7+. The van der Waals surface area contributed by atoms with Gasteiger partial charge >= 0.3 is 5.97 Å². The third kappa shape index (κ3) is 3.03. The number of esters is 1. The second-order valence-electron chi connectivity index (χ2n) is 4.52. The van der Waals surface area contributed by atoms with Gasteiger partial charge in [-0.1, -0.05) is 35.3 Å². The maximum Gasteiger partial charge on any atom is 0.363 e. The van der Waals surface area contributed by atoms with E-state index in [1.54, 1.807) is 30.3 Å². The molecule has 0 radical (unpaired) electrons. The van der Waals surface area contributed by atoms with E-state index in [1.807, 2.05) is 0 Å². The molecule has 0 aliphatic carbocycles. The van der Waals surface area contributed by atoms with Gasteiger partial charge in [0, 0.05) is 5.56 Å². The highest BCUT2D eigenvalue weighted by Crippen LogP contribution is 2.25. The van der Waals surface area contributed by atoms with Crippen molar-refractivity contribution in [3.63, 3.8) is 0 Å². The monoisotopic (exact) mass is 335 g/mol. The number of rotatable bonds is 2. The summed E-state index contributed by atoms with van der Waals surface area (Å²) in [5, 5.41) is 0.742. The average Bonchev–Trinajstić information content (AvgIpc) is 2.85. The van der Waals surface area contributed by atoms with E-state index in [9.17, 15) is 9.18 Å². The van der Waals surface area contributed by atoms with Crippen LogP contribution in [-0.2, 0) is 9.53 Å². The molecule has 3 rings (SSSR count). The van der Waals surface area contributed by atoms with Crippen LogP contribution in [-0.4, -0.2) is 11.9 Å². The number of hydrogen-bond acceptors (Lipinski definition) is 3. The number of nitrogens with zero attached hydrogens (tertiary/aromatic N) is 1. The van der Waals surface area contributed by atoms with E-state index in [2.05, 4.69) is 4.99 Å². The van der Waals surface area contributed by atoms with Crippen LogP contribution >= 0.6 is 23.2 Å². The molecule has 0 bridgehead atoms. The molecule has 0 N–H and O–H groups in total. The van der Waals surface area contributed by atoms with Crippen LogP contribution in [0.25, 0.3) is 6.08 Å². The third-order valence-electron chi connectivity index (χ3n) is 2.96. The maximum absolute atomic E-state index is 12.9. The molecule has 1 aliphatic heterocycles. The largest absolute Gasteiger partial charge is 0.402 e. The molecule has 0 aromatic heterocycles. The van der Waals surface area contributed by atoms with E-state index in [-0.39, 0.29) is 17.4 Å². The number of halogens is 3. The Morgan fingerprint density at radius 3 is 2.45 bits per heavy atom. The SMILES string of the molecule is O=C1OC(c2ccc(Cl)c(Cl)c2)=N/C1=C/c1ccc(F)cc1. The van der Waals surface area contributed by atoms with E-state index in [1.165, 1.54) is 18.2 Å². The molecule has 0 spiro atoms. The smallest absolute Gasteiger partial charge is 0.363 e. The molecule has 0 fully saturated rings. The van der Waals surface area contributed by atoms with Crippen molar-refractivity contribution in [3.8, 4) is 0 Å². The van der Waals surface area contributed by atoms with E-state index in [4.69, 9.17) is 27.9 Å². The molecule has 110 valence electrons. The highest BCUT2D eigenvalue weighted by molar-refractivity contribution is 6.42. The highest BCUT2D eigenvalue weighted by Gasteiger charge is 2.24. The third-order valence-corrected chi connectivity index (χ3v) is 3.70. The van der Waals surface area contributed by atoms with Crippen LogP contribution in [0.15, 0.2) is 53.2 Å². The fourth-order valence-corrected chi connectivity index (χ4v) is 2.18. The first-order chi connectivity index (χ1) is 10.5. The molecule has 0 atom stereocenters. The summed E-state index contributed by atoms with van der Waals surface area (Å²) in [6.07, 6.45) is 1.52. The first kappa shape index (κ1) is 14.8. The van der Waals surface area contributed by atoms with Crippen molar-refractivity contribution >= 4 is 41.1 Å². The Kier molecular flexibility index (Phi) is 3.96. The number of cyclic esters (lactones) is 1. The summed E-state index contributed by atoms with van der Waals surface area (Å²) in [6.45, 7) is 0. The lowest BCUT2D eigenvalue weighted by molar-refractivity contribution is -0.129. The van der Waals surface area contributed by atoms with Crippen molar-refractivity contribution in [2.45, 2.75) is 0 Å². The van der Waals surface area contributed by atoms with Gasteiger partial charge in [-0.25, -0.2) is 14.2 Å². The molecule has 1 heterocycles. The number of aliphatic imine (C=N–C) groups is 1. The molecule has 2 aromatic rings. The van der Waals surface area contributed by atoms with E-state index < -0.39 is 5.97 Å². The summed E-state index contributed by atoms with van der Waals surface area (Å²) in [5.74, 6) is -0.779. The van der Waals surface area contributed by atoms with Gasteiger partial charge in [0.15, 0.2) is 5.70 Å². The lowest BCUT2D eigenvalue weighted by Gasteiger charge is -2.01. The summed E-state index contributed by atoms with van der Waals surface area (Å²) >= 11 is 11.8. The molecule has 0 saturated heterocycles. The number of carbonyl (C=O) groups is 1. The quantitative estimate of drug-likeness (QED) is 0.599. The number of ether oxygens (including phenoxy) is 1. The minimum absolute atomic E-state index is 0.132. The molecular formula is C16H8Cl2FNO2. The molecule has 6 heteroatoms. The lowest BCUT2D eigenvalue weighted by Crippen LogP contribution is -2.05. The van der Waals surface area contributed by atoms with E-state index >= 15 is 0 Å². The Hall–Kier alpha value is -2.17. The van der Waals surface area contributed by atoms with Crippen molar-refractivity contribution in [2.75, 3.05) is 0 Å². The Morgan fingerprint density at radius 1 is 1.05 bits per heavy atom. The predicted molar refractivity (Wildman–Crippen MR) is 83.5 cm³/mol. The minimum Gasteiger partial charge on any atom is -0.402 e. The van der Waals surface area contributed by atoms with Gasteiger partial charge < -0.3 is 4.74 Å². The fraction of sp³-hybridized carbons (Fsp3) is 0. The average molecular weight is 336 g/mol. The molecular weight excluding hydrogens is 328 g/mol. The van der Waals surface area contributed by atoms with Gasteiger partial charge in [0.2, 0.25) is 5.90 Å². The number of hydrogen-bond donors (Lipinski definition) is 0. The number of benzene rings is 2. The van der Waals surface area contributed by atoms with Gasteiger partial charge in [-0.3, -0.25) is 0 Å². The summed E-state index contributed by atoms with van der Waals surface area (Å²) in [6, 6.07) is 10.5. The van der Waals surface area contributed by atoms with Crippen LogP contribution in [0.3, 0.4) is 0 Å². The van der Waals surface area contributed by atoms with Gasteiger partial charge in [0.05, 0.1) is 10.0 Å². The summed E-state index contributed by atoms with van der Waals surface area (Å²) in [4.78, 5) is 16.0. The minimum atomic E-state index is -0.578. The summed E-state index contributed by atoms with van der Waals surface area (Å²) in [7, 11) is 0. The molecule has 2 aromatic carbocycles. The van der Waals surface area contributed by atoms with E-state index in [0.29, 0.717) is 21.2 Å². The Labute approximate surface area is 135 Å². The van der Waals surface area contributed by atoms with Gasteiger partial charge in [0.25, 0.3) is 0 Å². The van der Waals surface area contributed by atoms with Crippen molar-refractivity contribution in [2.24, 2.45) is 4.99 Å². The molecule has 0 saturated carbocycles. The maximum atomic E-state index is 12.9. The van der Waals surface area contributed by atoms with Crippen LogP contribution in [0.2, 0.25) is 10.0 Å². The summed E-state index contributed by atoms with van der Waals surface area (Å²) in [5.41, 5.74) is 1.32. The Balaban J connectivity index is 1.94. The first-order valence-corrected chi connectivity index (χ1v) is 7.02. The van der Waals surface area contributed by atoms with E-state index in [0.717, 1.165) is 0 Å². The molecule has 3 nitrogen and oxygen atoms in total. The van der Waals surface area contributed by atoms with Crippen molar-refractivity contribution in [1.29, 1.82) is 0 Å². The van der Waals surface area contributed by atoms with Gasteiger partial charge in [-0.2, -0.15) is 0 Å². The predicted octanol–water partition coefficient (Wildman–Crippen LogP) is 4.48. The van der Waals surface area contributed by atoms with Crippen molar-refractivity contribution < 1.29 is 13.9 Å². The lowest BCUT2D eigenvalue weighted by atomic mass is 10.2. The molecule has 0 amide bonds. The van der Waals surface area contributed by atoms with Crippen molar-refractivity contribution in [3.05, 3.63) is 75.2 Å². The second-order valence-corrected chi connectivity index (χ2v) is 5.33. The Bertz CT molecular complexity index is 813. The summed E-state index contributed by atoms with van der Waals surface area (Å²) < 4.78 is 18.0. The van der Waals surface area contributed by atoms with Crippen LogP contribution in [0, 0.1) is 5.82 Å². The van der Waals surface area contributed by atoms with Gasteiger partial charge in [-0.15, -0.1) is 0 Å². The number of carbonyl (C=O) groups excluding carboxylic acids is 1. The molecule has 0 unspecified atom stereocenters. The topological polar surface area (TPSA) is 38.7 Å². The fourth-order valence-electron chi connectivity index (χ4n) is 1.88. The van der Waals surface area contributed by atoms with Gasteiger partial charge in [0.1, 0.15) is 5.82 Å². The zero-order chi connectivity index (χ0) is 15.7. The zero-order valence-corrected chi connectivity index (χ0v) is 12.5. The Morgan fingerprint density at radius 2 is 1.77 bits per heavy atom. The van der Waals surface area contributed by atoms with Gasteiger partial charge in [-0.05, 0) is 42.0 Å². The van der Waals surface area contributed by atoms with Crippen LogP contribution in [0.1, 0.15) is 11.1 Å². The second kappa shape index (κ2) is 5.91. The zero-order valence-electron chi connectivity index (χ0n) is 11.0.